The van der Waals surface area contributed by atoms with Gasteiger partial charge in [0.15, 0.2) is 0 Å². The van der Waals surface area contributed by atoms with Crippen LogP contribution in [-0.4, -0.2) is 6.29 Å². The molecule has 2 rings (SSSR count). The number of carbonyl (C=O) groups excluding carboxylic acids is 1. The van der Waals surface area contributed by atoms with Crippen molar-refractivity contribution in [1.29, 1.82) is 0 Å². The third kappa shape index (κ3) is 3.37. The van der Waals surface area contributed by atoms with E-state index in [2.05, 4.69) is 0 Å². The van der Waals surface area contributed by atoms with Gasteiger partial charge in [-0.3, -0.25) is 4.79 Å². The molecule has 0 aliphatic rings. The van der Waals surface area contributed by atoms with Crippen LogP contribution >= 0.6 is 0 Å². The Balaban J connectivity index is 2.16. The zero-order chi connectivity index (χ0) is 13.8. The van der Waals surface area contributed by atoms with Gasteiger partial charge in [-0.05, 0) is 42.3 Å². The summed E-state index contributed by atoms with van der Waals surface area (Å²) in [5.41, 5.74) is 1.76. The van der Waals surface area contributed by atoms with Crippen LogP contribution in [-0.2, 0) is 6.61 Å². The molecule has 0 spiro atoms. The van der Waals surface area contributed by atoms with Crippen LogP contribution in [0, 0.1) is 18.6 Å². The van der Waals surface area contributed by atoms with Crippen molar-refractivity contribution in [3.8, 4) is 5.75 Å². The number of aryl methyl sites for hydroxylation is 1. The van der Waals surface area contributed by atoms with E-state index < -0.39 is 5.82 Å². The van der Waals surface area contributed by atoms with Crippen molar-refractivity contribution in [1.82, 2.24) is 0 Å². The molecule has 0 saturated heterocycles. The quantitative estimate of drug-likeness (QED) is 0.786. The van der Waals surface area contributed by atoms with Crippen molar-refractivity contribution in [2.24, 2.45) is 0 Å². The predicted molar refractivity (Wildman–Crippen MR) is 67.3 cm³/mol. The normalized spacial score (nSPS) is 10.3. The zero-order valence-electron chi connectivity index (χ0n) is 10.3. The topological polar surface area (TPSA) is 26.3 Å². The minimum atomic E-state index is -0.546. The first-order chi connectivity index (χ1) is 9.08. The number of aldehydes is 1. The highest BCUT2D eigenvalue weighted by molar-refractivity contribution is 5.75. The molecule has 0 aliphatic carbocycles. The third-order valence-electron chi connectivity index (χ3n) is 2.74. The van der Waals surface area contributed by atoms with Gasteiger partial charge in [-0.15, -0.1) is 0 Å². The monoisotopic (exact) mass is 262 g/mol. The highest BCUT2D eigenvalue weighted by atomic mass is 19.1. The standard InChI is InChI=1S/C15H12F2O2/c1-10-2-3-13(16)6-12(10)9-19-15-5-11(8-18)4-14(17)7-15/h2-8H,9H2,1H3. The molecule has 0 saturated carbocycles. The Hall–Kier alpha value is -2.23. The number of benzene rings is 2. The highest BCUT2D eigenvalue weighted by Gasteiger charge is 2.04. The van der Waals surface area contributed by atoms with Crippen molar-refractivity contribution >= 4 is 6.29 Å². The van der Waals surface area contributed by atoms with E-state index in [1.807, 2.05) is 6.92 Å². The molecule has 0 atom stereocenters. The summed E-state index contributed by atoms with van der Waals surface area (Å²) in [4.78, 5) is 10.6. The van der Waals surface area contributed by atoms with Crippen LogP contribution in [0.4, 0.5) is 8.78 Å². The summed E-state index contributed by atoms with van der Waals surface area (Å²) in [5, 5.41) is 0. The van der Waals surface area contributed by atoms with Crippen LogP contribution in [0.25, 0.3) is 0 Å². The largest absolute Gasteiger partial charge is 0.489 e. The number of hydrogen-bond acceptors (Lipinski definition) is 2. The molecule has 2 aromatic carbocycles. The predicted octanol–water partition coefficient (Wildman–Crippen LogP) is 3.66. The second-order valence-electron chi connectivity index (χ2n) is 4.20. The molecule has 0 N–H and O–H groups in total. The lowest BCUT2D eigenvalue weighted by Crippen LogP contribution is -1.99. The van der Waals surface area contributed by atoms with E-state index in [4.69, 9.17) is 4.74 Å². The molecule has 2 aromatic rings. The van der Waals surface area contributed by atoms with Crippen LogP contribution in [0.2, 0.25) is 0 Å². The summed E-state index contributed by atoms with van der Waals surface area (Å²) in [6.45, 7) is 1.95. The van der Waals surface area contributed by atoms with E-state index in [-0.39, 0.29) is 23.7 Å². The van der Waals surface area contributed by atoms with Gasteiger partial charge >= 0.3 is 0 Å². The summed E-state index contributed by atoms with van der Waals surface area (Å²) in [5.74, 6) is -0.654. The first-order valence-corrected chi connectivity index (χ1v) is 5.72. The van der Waals surface area contributed by atoms with Gasteiger partial charge in [0.25, 0.3) is 0 Å². The minimum absolute atomic E-state index is 0.116. The molecule has 0 aromatic heterocycles. The lowest BCUT2D eigenvalue weighted by atomic mass is 10.1. The fourth-order valence-electron chi connectivity index (χ4n) is 1.69. The highest BCUT2D eigenvalue weighted by Crippen LogP contribution is 2.18. The lowest BCUT2D eigenvalue weighted by Gasteiger charge is -2.09. The second-order valence-corrected chi connectivity index (χ2v) is 4.20. The molecule has 0 fully saturated rings. The van der Waals surface area contributed by atoms with Crippen LogP contribution < -0.4 is 4.74 Å². The molecule has 0 unspecified atom stereocenters. The summed E-state index contributed by atoms with van der Waals surface area (Å²) >= 11 is 0. The maximum atomic E-state index is 13.2. The Morgan fingerprint density at radius 3 is 2.63 bits per heavy atom. The summed E-state index contributed by atoms with van der Waals surface area (Å²) in [6, 6.07) is 8.12. The van der Waals surface area contributed by atoms with E-state index in [1.54, 1.807) is 6.07 Å². The number of rotatable bonds is 4. The second kappa shape index (κ2) is 5.61. The van der Waals surface area contributed by atoms with Gasteiger partial charge in [0.2, 0.25) is 0 Å². The van der Waals surface area contributed by atoms with Crippen molar-refractivity contribution in [2.45, 2.75) is 13.5 Å². The van der Waals surface area contributed by atoms with E-state index in [9.17, 15) is 13.6 Å². The van der Waals surface area contributed by atoms with Crippen molar-refractivity contribution in [2.75, 3.05) is 0 Å². The number of hydrogen-bond donors (Lipinski definition) is 0. The smallest absolute Gasteiger partial charge is 0.150 e. The Labute approximate surface area is 109 Å². The first kappa shape index (κ1) is 13.2. The molecule has 0 aliphatic heterocycles. The maximum absolute atomic E-state index is 13.2. The molecule has 98 valence electrons. The van der Waals surface area contributed by atoms with E-state index >= 15 is 0 Å². The molecule has 4 heteroatoms. The molecular weight excluding hydrogens is 250 g/mol. The van der Waals surface area contributed by atoms with Crippen LogP contribution in [0.5, 0.6) is 5.75 Å². The van der Waals surface area contributed by atoms with Crippen LogP contribution in [0.1, 0.15) is 21.5 Å². The van der Waals surface area contributed by atoms with Gasteiger partial charge in [-0.2, -0.15) is 0 Å². The molecular formula is C15H12F2O2. The first-order valence-electron chi connectivity index (χ1n) is 5.72. The van der Waals surface area contributed by atoms with Gasteiger partial charge < -0.3 is 4.74 Å². The fourth-order valence-corrected chi connectivity index (χ4v) is 1.69. The van der Waals surface area contributed by atoms with E-state index in [1.165, 1.54) is 24.3 Å². The Morgan fingerprint density at radius 2 is 1.89 bits per heavy atom. The number of halogens is 2. The Morgan fingerprint density at radius 1 is 1.11 bits per heavy atom. The van der Waals surface area contributed by atoms with Gasteiger partial charge in [0.05, 0.1) is 0 Å². The molecule has 0 radical (unpaired) electrons. The van der Waals surface area contributed by atoms with Gasteiger partial charge in [0, 0.05) is 11.6 Å². The number of ether oxygens (including phenoxy) is 1. The van der Waals surface area contributed by atoms with E-state index in [0.717, 1.165) is 11.6 Å². The van der Waals surface area contributed by atoms with Crippen molar-refractivity contribution in [3.63, 3.8) is 0 Å². The minimum Gasteiger partial charge on any atom is -0.489 e. The zero-order valence-corrected chi connectivity index (χ0v) is 10.3. The van der Waals surface area contributed by atoms with Crippen molar-refractivity contribution < 1.29 is 18.3 Å². The molecule has 19 heavy (non-hydrogen) atoms. The summed E-state index contributed by atoms with van der Waals surface area (Å²) < 4.78 is 31.7. The Kier molecular flexibility index (Phi) is 3.90. The molecule has 0 bridgehead atoms. The molecule has 2 nitrogen and oxygen atoms in total. The lowest BCUT2D eigenvalue weighted by molar-refractivity contribution is 0.112. The summed E-state index contributed by atoms with van der Waals surface area (Å²) in [6.07, 6.45) is 0.545. The fraction of sp³-hybridized carbons (Fsp3) is 0.133. The maximum Gasteiger partial charge on any atom is 0.150 e. The molecule has 0 amide bonds. The average Bonchev–Trinajstić information content (AvgIpc) is 2.39. The average molecular weight is 262 g/mol. The van der Waals surface area contributed by atoms with Gasteiger partial charge in [-0.1, -0.05) is 6.07 Å². The third-order valence-corrected chi connectivity index (χ3v) is 2.74. The van der Waals surface area contributed by atoms with Gasteiger partial charge in [-0.25, -0.2) is 8.78 Å². The SMILES string of the molecule is Cc1ccc(F)cc1COc1cc(F)cc(C=O)c1. The summed E-state index contributed by atoms with van der Waals surface area (Å²) in [7, 11) is 0. The molecule has 0 heterocycles. The van der Waals surface area contributed by atoms with Crippen LogP contribution in [0.3, 0.4) is 0 Å². The van der Waals surface area contributed by atoms with Crippen molar-refractivity contribution in [3.05, 3.63) is 64.7 Å². The Bertz CT molecular complexity index is 609. The van der Waals surface area contributed by atoms with Crippen LogP contribution in [0.15, 0.2) is 36.4 Å². The number of carbonyl (C=O) groups is 1. The van der Waals surface area contributed by atoms with Gasteiger partial charge in [0.1, 0.15) is 30.3 Å². The van der Waals surface area contributed by atoms with E-state index in [0.29, 0.717) is 11.8 Å².